The number of carbonyl (C=O) groups excluding carboxylic acids is 2. The predicted octanol–water partition coefficient (Wildman–Crippen LogP) is 10.2. The highest BCUT2D eigenvalue weighted by Gasteiger charge is 2.07. The second-order valence-electron chi connectivity index (χ2n) is 10.5. The molecule has 4 aromatic rings. The summed E-state index contributed by atoms with van der Waals surface area (Å²) in [6.45, 7) is 12.6. The highest BCUT2D eigenvalue weighted by Crippen LogP contribution is 2.31. The fraction of sp³-hybridized carbons (Fsp3) is 0.189. The van der Waals surface area contributed by atoms with Crippen molar-refractivity contribution < 1.29 is 32.9 Å². The second-order valence-corrected chi connectivity index (χ2v) is 10.5. The van der Waals surface area contributed by atoms with Crippen LogP contribution in [0.1, 0.15) is 16.7 Å². The molecule has 4 rings (SSSR count). The van der Waals surface area contributed by atoms with Crippen molar-refractivity contribution in [2.75, 3.05) is 26.4 Å². The quantitative estimate of drug-likeness (QED) is 0.0499. The van der Waals surface area contributed by atoms with Crippen molar-refractivity contribution in [3.05, 3.63) is 121 Å². The molecule has 0 fully saturated rings. The Morgan fingerprint density at radius 1 is 0.560 bits per heavy atom. The number of benzene rings is 4. The number of esters is 2. The van der Waals surface area contributed by atoms with E-state index in [0.717, 1.165) is 28.8 Å². The highest BCUT2D eigenvalue weighted by atomic mass is 19.1. The molecule has 0 saturated heterocycles. The summed E-state index contributed by atoms with van der Waals surface area (Å²) in [7, 11) is 0. The van der Waals surface area contributed by atoms with Gasteiger partial charge < -0.3 is 18.9 Å². The van der Waals surface area contributed by atoms with Gasteiger partial charge in [-0.15, -0.1) is 0 Å². The molecule has 0 atom stereocenters. The van der Waals surface area contributed by atoms with Crippen LogP contribution in [0.15, 0.2) is 129 Å². The summed E-state index contributed by atoms with van der Waals surface area (Å²) in [5, 5.41) is 25.8. The molecule has 0 unspecified atom stereocenters. The first-order valence-electron chi connectivity index (χ1n) is 15.4. The summed E-state index contributed by atoms with van der Waals surface area (Å²) in [5.74, 6) is -1.03. The van der Waals surface area contributed by atoms with Gasteiger partial charge in [-0.1, -0.05) is 13.2 Å². The third kappa shape index (κ3) is 11.1. The van der Waals surface area contributed by atoms with Crippen LogP contribution in [0.4, 0.5) is 38.5 Å². The maximum absolute atomic E-state index is 14.4. The SMILES string of the molecule is C=CC(=O)OCCOc1ccc(/N=N/c2ccc(/N=N/c3ccc(/N=N/c4ccc(OCCOC(=O)C=C)c(F)c4)cc3C)c(C)c2)cc1C. The minimum Gasteiger partial charge on any atom is -0.490 e. The summed E-state index contributed by atoms with van der Waals surface area (Å²) in [5.41, 5.74) is 6.05. The number of hydrogen-bond donors (Lipinski definition) is 0. The van der Waals surface area contributed by atoms with E-state index in [0.29, 0.717) is 39.9 Å². The summed E-state index contributed by atoms with van der Waals surface area (Å²) in [4.78, 5) is 22.2. The first kappa shape index (κ1) is 36.5. The van der Waals surface area contributed by atoms with Crippen LogP contribution >= 0.6 is 0 Å². The molecule has 0 heterocycles. The monoisotopic (exact) mass is 678 g/mol. The fourth-order valence-electron chi connectivity index (χ4n) is 4.20. The molecule has 0 bridgehead atoms. The van der Waals surface area contributed by atoms with Gasteiger partial charge >= 0.3 is 11.9 Å². The highest BCUT2D eigenvalue weighted by molar-refractivity contribution is 5.81. The number of aryl methyl sites for hydroxylation is 3. The number of azo groups is 3. The molecule has 12 nitrogen and oxygen atoms in total. The van der Waals surface area contributed by atoms with Crippen LogP contribution in [0.25, 0.3) is 0 Å². The zero-order valence-corrected chi connectivity index (χ0v) is 27.8. The minimum atomic E-state index is -0.620. The van der Waals surface area contributed by atoms with Crippen LogP contribution < -0.4 is 9.47 Å². The molecule has 0 amide bonds. The van der Waals surface area contributed by atoms with Gasteiger partial charge in [-0.2, -0.15) is 30.7 Å². The van der Waals surface area contributed by atoms with Gasteiger partial charge in [0.05, 0.1) is 34.1 Å². The maximum atomic E-state index is 14.4. The molecule has 0 aliphatic heterocycles. The number of ether oxygens (including phenoxy) is 4. The lowest BCUT2D eigenvalue weighted by Gasteiger charge is -2.09. The molecular formula is C37H35FN6O6. The van der Waals surface area contributed by atoms with Gasteiger partial charge in [0.25, 0.3) is 0 Å². The second kappa shape index (κ2) is 18.2. The molecule has 0 N–H and O–H groups in total. The van der Waals surface area contributed by atoms with E-state index in [4.69, 9.17) is 18.9 Å². The molecule has 13 heteroatoms. The smallest absolute Gasteiger partial charge is 0.330 e. The van der Waals surface area contributed by atoms with Gasteiger partial charge in [-0.3, -0.25) is 0 Å². The van der Waals surface area contributed by atoms with Gasteiger partial charge in [0, 0.05) is 18.2 Å². The van der Waals surface area contributed by atoms with E-state index in [-0.39, 0.29) is 32.2 Å². The van der Waals surface area contributed by atoms with Crippen molar-refractivity contribution in [1.29, 1.82) is 0 Å². The van der Waals surface area contributed by atoms with E-state index in [2.05, 4.69) is 43.8 Å². The first-order valence-corrected chi connectivity index (χ1v) is 15.4. The lowest BCUT2D eigenvalue weighted by molar-refractivity contribution is -0.139. The first-order chi connectivity index (χ1) is 24.1. The summed E-state index contributed by atoms with van der Waals surface area (Å²) >= 11 is 0. The molecule has 4 aromatic carbocycles. The van der Waals surface area contributed by atoms with Gasteiger partial charge in [0.15, 0.2) is 11.6 Å². The topological polar surface area (TPSA) is 145 Å². The van der Waals surface area contributed by atoms with Crippen LogP contribution in [0.3, 0.4) is 0 Å². The number of halogens is 1. The molecule has 0 radical (unpaired) electrons. The zero-order chi connectivity index (χ0) is 35.9. The van der Waals surface area contributed by atoms with Gasteiger partial charge in [0.1, 0.15) is 32.2 Å². The molecule has 0 aliphatic rings. The standard InChI is InChI=1S/C37H35FN6O6/c1-6-36(45)49-18-16-47-34-14-10-29(22-26(34)5)41-39-27-8-12-32(24(3)20-27)43-44-33-13-9-28(21-25(33)4)40-42-30-11-15-35(31(38)23-30)48-17-19-50-37(46)7-2/h6-15,20-23H,1-2,16-19H2,3-5H3/b41-39+,42-40+,44-43+. The van der Waals surface area contributed by atoms with Crippen LogP contribution in [0, 0.1) is 26.6 Å². The van der Waals surface area contributed by atoms with E-state index < -0.39 is 17.8 Å². The number of nitrogens with zero attached hydrogens (tertiary/aromatic N) is 6. The largest absolute Gasteiger partial charge is 0.490 e. The number of hydrogen-bond acceptors (Lipinski definition) is 12. The minimum absolute atomic E-state index is 0.00541. The fourth-order valence-corrected chi connectivity index (χ4v) is 4.20. The van der Waals surface area contributed by atoms with E-state index in [1.165, 1.54) is 12.1 Å². The van der Waals surface area contributed by atoms with Crippen LogP contribution in [0.5, 0.6) is 11.5 Å². The van der Waals surface area contributed by atoms with Crippen LogP contribution in [-0.2, 0) is 19.1 Å². The third-order valence-electron chi connectivity index (χ3n) is 6.77. The van der Waals surface area contributed by atoms with Gasteiger partial charge in [0.2, 0.25) is 0 Å². The maximum Gasteiger partial charge on any atom is 0.330 e. The average Bonchev–Trinajstić information content (AvgIpc) is 3.11. The molecule has 50 heavy (non-hydrogen) atoms. The van der Waals surface area contributed by atoms with E-state index in [1.54, 1.807) is 42.5 Å². The lowest BCUT2D eigenvalue weighted by atomic mass is 10.2. The summed E-state index contributed by atoms with van der Waals surface area (Å²) in [6.07, 6.45) is 2.14. The van der Waals surface area contributed by atoms with Gasteiger partial charge in [-0.25, -0.2) is 14.0 Å². The summed E-state index contributed by atoms with van der Waals surface area (Å²) in [6, 6.07) is 20.4. The Bertz CT molecular complexity index is 1820. The Labute approximate surface area is 288 Å². The van der Waals surface area contributed by atoms with E-state index >= 15 is 0 Å². The van der Waals surface area contributed by atoms with Crippen molar-refractivity contribution in [3.8, 4) is 11.5 Å². The van der Waals surface area contributed by atoms with Gasteiger partial charge in [-0.05, 0) is 104 Å². The molecule has 0 saturated carbocycles. The van der Waals surface area contributed by atoms with Crippen molar-refractivity contribution in [3.63, 3.8) is 0 Å². The molecular weight excluding hydrogens is 643 g/mol. The molecule has 0 spiro atoms. The number of rotatable bonds is 16. The van der Waals surface area contributed by atoms with Crippen molar-refractivity contribution in [2.45, 2.75) is 20.8 Å². The normalized spacial score (nSPS) is 11.2. The number of carbonyl (C=O) groups is 2. The van der Waals surface area contributed by atoms with E-state index in [1.807, 2.05) is 39.0 Å². The van der Waals surface area contributed by atoms with Crippen LogP contribution in [-0.4, -0.2) is 38.4 Å². The zero-order valence-electron chi connectivity index (χ0n) is 27.8. The Morgan fingerprint density at radius 2 is 0.960 bits per heavy atom. The Balaban J connectivity index is 1.31. The van der Waals surface area contributed by atoms with E-state index in [9.17, 15) is 14.0 Å². The lowest BCUT2D eigenvalue weighted by Crippen LogP contribution is -2.10. The molecule has 0 aliphatic carbocycles. The predicted molar refractivity (Wildman–Crippen MR) is 186 cm³/mol. The summed E-state index contributed by atoms with van der Waals surface area (Å²) < 4.78 is 35.1. The Morgan fingerprint density at radius 3 is 1.38 bits per heavy atom. The Hall–Kier alpha value is -6.37. The van der Waals surface area contributed by atoms with Crippen molar-refractivity contribution >= 4 is 46.1 Å². The molecule has 0 aromatic heterocycles. The Kier molecular flexibility index (Phi) is 13.3. The molecule has 256 valence electrons. The van der Waals surface area contributed by atoms with Crippen molar-refractivity contribution in [2.24, 2.45) is 30.7 Å². The van der Waals surface area contributed by atoms with Crippen LogP contribution in [0.2, 0.25) is 0 Å². The van der Waals surface area contributed by atoms with Crippen molar-refractivity contribution in [1.82, 2.24) is 0 Å². The average molecular weight is 679 g/mol. The third-order valence-corrected chi connectivity index (χ3v) is 6.77.